The Bertz CT molecular complexity index is 216. The van der Waals surface area contributed by atoms with Crippen LogP contribution >= 0.6 is 0 Å². The molecule has 0 bridgehead atoms. The van der Waals surface area contributed by atoms with Gasteiger partial charge in [-0.1, -0.05) is 36.3 Å². The predicted molar refractivity (Wildman–Crippen MR) is 50.1 cm³/mol. The lowest BCUT2D eigenvalue weighted by molar-refractivity contribution is 0.930. The number of hydrogen-bond acceptors (Lipinski definition) is 0. The van der Waals surface area contributed by atoms with Crippen molar-refractivity contribution in [3.8, 4) is 0 Å². The molecule has 0 amide bonds. The summed E-state index contributed by atoms with van der Waals surface area (Å²) in [6.45, 7) is 8.41. The van der Waals surface area contributed by atoms with Gasteiger partial charge in [0.15, 0.2) is 0 Å². The molecule has 0 heteroatoms. The first kappa shape index (κ1) is 8.32. The fourth-order valence-electron chi connectivity index (χ4n) is 1.25. The van der Waals surface area contributed by atoms with Crippen LogP contribution in [0.15, 0.2) is 35.5 Å². The molecule has 0 N–H and O–H groups in total. The van der Waals surface area contributed by atoms with Gasteiger partial charge in [0.1, 0.15) is 0 Å². The third kappa shape index (κ3) is 1.83. The van der Waals surface area contributed by atoms with Crippen LogP contribution in [0.2, 0.25) is 0 Å². The van der Waals surface area contributed by atoms with Gasteiger partial charge in [0.05, 0.1) is 0 Å². The van der Waals surface area contributed by atoms with E-state index in [1.54, 1.807) is 0 Å². The van der Waals surface area contributed by atoms with Gasteiger partial charge < -0.3 is 6.92 Å². The van der Waals surface area contributed by atoms with Gasteiger partial charge in [0.2, 0.25) is 0 Å². The molecule has 0 aromatic heterocycles. The minimum Gasteiger partial charge on any atom is -0.332 e. The zero-order chi connectivity index (χ0) is 8.27. The maximum absolute atomic E-state index is 4.05. The zero-order valence-corrected chi connectivity index (χ0v) is 7.30. The molecule has 0 aromatic rings. The van der Waals surface area contributed by atoms with Gasteiger partial charge in [-0.3, -0.25) is 0 Å². The molecule has 1 unspecified atom stereocenters. The third-order valence-electron chi connectivity index (χ3n) is 2.15. The van der Waals surface area contributed by atoms with Crippen molar-refractivity contribution in [1.29, 1.82) is 0 Å². The van der Waals surface area contributed by atoms with Gasteiger partial charge in [-0.05, 0) is 13.3 Å². The highest BCUT2D eigenvalue weighted by Crippen LogP contribution is 2.22. The van der Waals surface area contributed by atoms with Crippen LogP contribution < -0.4 is 0 Å². The van der Waals surface area contributed by atoms with Crippen LogP contribution in [0, 0.1) is 12.8 Å². The van der Waals surface area contributed by atoms with E-state index in [1.807, 2.05) is 0 Å². The van der Waals surface area contributed by atoms with Crippen LogP contribution in [0.25, 0.3) is 0 Å². The number of hydrogen-bond donors (Lipinski definition) is 0. The van der Waals surface area contributed by atoms with Gasteiger partial charge in [0, 0.05) is 0 Å². The summed E-state index contributed by atoms with van der Waals surface area (Å²) in [4.78, 5) is 0. The third-order valence-corrected chi connectivity index (χ3v) is 2.15. The lowest BCUT2D eigenvalue weighted by atomic mass is 9.92. The van der Waals surface area contributed by atoms with E-state index in [0.717, 1.165) is 6.42 Å². The van der Waals surface area contributed by atoms with E-state index in [0.29, 0.717) is 5.92 Å². The molecule has 1 atom stereocenters. The molecule has 11 heavy (non-hydrogen) atoms. The molecule has 0 nitrogen and oxygen atoms in total. The summed E-state index contributed by atoms with van der Waals surface area (Å²) < 4.78 is 0. The summed E-state index contributed by atoms with van der Waals surface area (Å²) in [5.41, 5.74) is 2.83. The van der Waals surface area contributed by atoms with Gasteiger partial charge in [-0.2, -0.15) is 0 Å². The summed E-state index contributed by atoms with van der Waals surface area (Å²) >= 11 is 0. The predicted octanol–water partition coefficient (Wildman–Crippen LogP) is 3.29. The van der Waals surface area contributed by atoms with Crippen molar-refractivity contribution in [3.05, 3.63) is 42.4 Å². The van der Waals surface area contributed by atoms with E-state index in [2.05, 4.69) is 45.1 Å². The summed E-state index contributed by atoms with van der Waals surface area (Å²) in [5.74, 6) is 0.361. The Labute approximate surface area is 69.3 Å². The number of rotatable bonds is 1. The Hall–Kier alpha value is -0.780. The smallest absolute Gasteiger partial charge is 0.0347 e. The van der Waals surface area contributed by atoms with E-state index >= 15 is 0 Å². The van der Waals surface area contributed by atoms with Crippen LogP contribution in [0.5, 0.6) is 0 Å². The van der Waals surface area contributed by atoms with Crippen LogP contribution in [-0.2, 0) is 0 Å². The summed E-state index contributed by atoms with van der Waals surface area (Å²) in [6.07, 6.45) is 9.56. The Balaban J connectivity index is 2.88. The minimum atomic E-state index is 0.361. The van der Waals surface area contributed by atoms with Gasteiger partial charge in [-0.25, -0.2) is 0 Å². The van der Waals surface area contributed by atoms with Crippen molar-refractivity contribution in [2.24, 2.45) is 5.92 Å². The Morgan fingerprint density at radius 1 is 1.55 bits per heavy atom. The van der Waals surface area contributed by atoms with Crippen LogP contribution in [-0.4, -0.2) is 0 Å². The van der Waals surface area contributed by atoms with E-state index in [-0.39, 0.29) is 0 Å². The summed E-state index contributed by atoms with van der Waals surface area (Å²) in [7, 11) is 0. The topological polar surface area (TPSA) is 0 Å². The molecule has 1 aliphatic carbocycles. The average Bonchev–Trinajstić information content (AvgIpc) is 2.04. The molecule has 0 saturated heterocycles. The second-order valence-corrected chi connectivity index (χ2v) is 2.94. The Morgan fingerprint density at radius 2 is 2.27 bits per heavy atom. The molecule has 0 aliphatic heterocycles. The average molecular weight is 147 g/mol. The maximum atomic E-state index is 4.05. The fourth-order valence-corrected chi connectivity index (χ4v) is 1.25. The van der Waals surface area contributed by atoms with E-state index < -0.39 is 0 Å². The van der Waals surface area contributed by atoms with Gasteiger partial charge >= 0.3 is 0 Å². The molecule has 1 rings (SSSR count). The van der Waals surface area contributed by atoms with Crippen molar-refractivity contribution in [2.75, 3.05) is 0 Å². The Kier molecular flexibility index (Phi) is 2.70. The van der Waals surface area contributed by atoms with E-state index in [4.69, 9.17) is 0 Å². The molecule has 0 saturated carbocycles. The molecule has 0 heterocycles. The van der Waals surface area contributed by atoms with Crippen molar-refractivity contribution in [2.45, 2.75) is 20.3 Å². The SMILES string of the molecule is [CH2-]C1C=CC=C/C1=C(\C)CC. The monoisotopic (exact) mass is 147 g/mol. The van der Waals surface area contributed by atoms with Gasteiger partial charge in [0.25, 0.3) is 0 Å². The van der Waals surface area contributed by atoms with Crippen LogP contribution in [0.3, 0.4) is 0 Å². The summed E-state index contributed by atoms with van der Waals surface area (Å²) in [5, 5.41) is 0. The molecule has 0 aromatic carbocycles. The molecular weight excluding hydrogens is 132 g/mol. The first-order valence-electron chi connectivity index (χ1n) is 4.13. The second kappa shape index (κ2) is 3.56. The highest BCUT2D eigenvalue weighted by atomic mass is 14.1. The van der Waals surface area contributed by atoms with E-state index in [1.165, 1.54) is 11.1 Å². The quantitative estimate of drug-likeness (QED) is 0.499. The highest BCUT2D eigenvalue weighted by Gasteiger charge is 2.01. The van der Waals surface area contributed by atoms with Crippen LogP contribution in [0.1, 0.15) is 20.3 Å². The number of allylic oxidation sites excluding steroid dienone is 6. The maximum Gasteiger partial charge on any atom is -0.0347 e. The highest BCUT2D eigenvalue weighted by molar-refractivity contribution is 5.36. The van der Waals surface area contributed by atoms with Crippen molar-refractivity contribution in [3.63, 3.8) is 0 Å². The molecule has 0 fully saturated rings. The van der Waals surface area contributed by atoms with Crippen molar-refractivity contribution < 1.29 is 0 Å². The first-order chi connectivity index (χ1) is 5.25. The lowest BCUT2D eigenvalue weighted by Crippen LogP contribution is -1.99. The molecule has 1 aliphatic rings. The van der Waals surface area contributed by atoms with Crippen LogP contribution in [0.4, 0.5) is 0 Å². The molecule has 0 spiro atoms. The fraction of sp³-hybridized carbons (Fsp3) is 0.364. The largest absolute Gasteiger partial charge is 0.332 e. The minimum absolute atomic E-state index is 0.361. The normalized spacial score (nSPS) is 27.4. The van der Waals surface area contributed by atoms with Crippen molar-refractivity contribution >= 4 is 0 Å². The first-order valence-corrected chi connectivity index (χ1v) is 4.13. The standard InChI is InChI=1S/C11H15/c1-4-9(2)11-8-6-5-7-10(11)3/h5-8,10H,3-4H2,1-2H3/q-1/b11-9-. The summed E-state index contributed by atoms with van der Waals surface area (Å²) in [6, 6.07) is 0. The lowest BCUT2D eigenvalue weighted by Gasteiger charge is -2.20. The Morgan fingerprint density at radius 3 is 2.82 bits per heavy atom. The van der Waals surface area contributed by atoms with E-state index in [9.17, 15) is 0 Å². The molecule has 60 valence electrons. The van der Waals surface area contributed by atoms with Crippen molar-refractivity contribution in [1.82, 2.24) is 0 Å². The molecular formula is C11H15-. The second-order valence-electron chi connectivity index (χ2n) is 2.94. The molecule has 0 radical (unpaired) electrons. The van der Waals surface area contributed by atoms with Gasteiger partial charge in [-0.15, -0.1) is 12.0 Å². The zero-order valence-electron chi connectivity index (χ0n) is 7.30.